The first kappa shape index (κ1) is 14.1. The van der Waals surface area contributed by atoms with Crippen molar-refractivity contribution in [3.8, 4) is 0 Å². The van der Waals surface area contributed by atoms with Crippen LogP contribution in [0.2, 0.25) is 0 Å². The largest absolute Gasteiger partial charge is 0.481 e. The Bertz CT molecular complexity index is 351. The Kier molecular flexibility index (Phi) is 4.81. The van der Waals surface area contributed by atoms with Gasteiger partial charge in [0.25, 0.3) is 6.43 Å². The molecule has 0 radical (unpaired) electrons. The normalized spacial score (nSPS) is 19.6. The maximum absolute atomic E-state index is 11.9. The van der Waals surface area contributed by atoms with Gasteiger partial charge in [0.15, 0.2) is 0 Å². The first-order valence-electron chi connectivity index (χ1n) is 5.24. The van der Waals surface area contributed by atoms with Crippen LogP contribution in [0.3, 0.4) is 0 Å². The van der Waals surface area contributed by atoms with Gasteiger partial charge < -0.3 is 20.6 Å². The number of amides is 3. The number of nitrogens with one attached hydrogen (secondary N) is 2. The summed E-state index contributed by atoms with van der Waals surface area (Å²) < 4.78 is 23.9. The van der Waals surface area contributed by atoms with Crippen LogP contribution in [0.5, 0.6) is 0 Å². The minimum absolute atomic E-state index is 0.0821. The molecule has 0 aromatic heterocycles. The molecule has 0 aromatic carbocycles. The van der Waals surface area contributed by atoms with E-state index in [1.165, 1.54) is 0 Å². The second-order valence-corrected chi connectivity index (χ2v) is 3.68. The lowest BCUT2D eigenvalue weighted by molar-refractivity contribution is -0.142. The number of halogens is 2. The SMILES string of the molecule is O=C(O)CC1C(=O)NCCN1C(=O)NCC(F)F. The van der Waals surface area contributed by atoms with Crippen molar-refractivity contribution >= 4 is 17.9 Å². The highest BCUT2D eigenvalue weighted by Crippen LogP contribution is 2.09. The molecule has 1 atom stereocenters. The summed E-state index contributed by atoms with van der Waals surface area (Å²) >= 11 is 0. The molecule has 1 saturated heterocycles. The molecule has 0 saturated carbocycles. The van der Waals surface area contributed by atoms with E-state index in [0.717, 1.165) is 4.90 Å². The second-order valence-electron chi connectivity index (χ2n) is 3.68. The van der Waals surface area contributed by atoms with E-state index >= 15 is 0 Å². The Labute approximate surface area is 101 Å². The van der Waals surface area contributed by atoms with Crippen molar-refractivity contribution in [2.45, 2.75) is 18.9 Å². The van der Waals surface area contributed by atoms with Crippen LogP contribution in [0, 0.1) is 0 Å². The number of carboxylic acids is 1. The van der Waals surface area contributed by atoms with Gasteiger partial charge in [0, 0.05) is 13.1 Å². The lowest BCUT2D eigenvalue weighted by Crippen LogP contribution is -2.60. The van der Waals surface area contributed by atoms with Crippen molar-refractivity contribution < 1.29 is 28.3 Å². The molecule has 1 fully saturated rings. The third-order valence-electron chi connectivity index (χ3n) is 2.37. The molecule has 18 heavy (non-hydrogen) atoms. The molecule has 0 spiro atoms. The third kappa shape index (κ3) is 3.82. The number of carbonyl (C=O) groups is 3. The summed E-state index contributed by atoms with van der Waals surface area (Å²) in [6.45, 7) is -0.591. The number of rotatable bonds is 4. The van der Waals surface area contributed by atoms with E-state index in [4.69, 9.17) is 5.11 Å². The predicted molar refractivity (Wildman–Crippen MR) is 55.2 cm³/mol. The number of hydrogen-bond donors (Lipinski definition) is 3. The van der Waals surface area contributed by atoms with Gasteiger partial charge in [-0.2, -0.15) is 0 Å². The fourth-order valence-corrected chi connectivity index (χ4v) is 1.59. The predicted octanol–water partition coefficient (Wildman–Crippen LogP) is -0.764. The average Bonchev–Trinajstić information content (AvgIpc) is 2.28. The molecule has 1 unspecified atom stereocenters. The van der Waals surface area contributed by atoms with Crippen LogP contribution in [0.1, 0.15) is 6.42 Å². The highest BCUT2D eigenvalue weighted by Gasteiger charge is 2.34. The number of urea groups is 1. The van der Waals surface area contributed by atoms with Crippen LogP contribution >= 0.6 is 0 Å². The fourth-order valence-electron chi connectivity index (χ4n) is 1.59. The molecular weight excluding hydrogens is 252 g/mol. The summed E-state index contributed by atoms with van der Waals surface area (Å²) in [6.07, 6.45) is -3.26. The Balaban J connectivity index is 2.66. The molecule has 9 heteroatoms. The minimum Gasteiger partial charge on any atom is -0.481 e. The number of aliphatic carboxylic acids is 1. The number of carboxylic acid groups (broad SMARTS) is 1. The summed E-state index contributed by atoms with van der Waals surface area (Å²) in [5.41, 5.74) is 0. The number of hydrogen-bond acceptors (Lipinski definition) is 3. The topological polar surface area (TPSA) is 98.7 Å². The number of carbonyl (C=O) groups excluding carboxylic acids is 2. The van der Waals surface area contributed by atoms with Crippen LogP contribution in [-0.2, 0) is 9.59 Å². The van der Waals surface area contributed by atoms with E-state index in [1.807, 2.05) is 5.32 Å². The molecule has 3 N–H and O–H groups in total. The standard InChI is InChI=1S/C9H13F2N3O4/c10-6(11)4-13-9(18)14-2-1-12-8(17)5(14)3-7(15)16/h5-6H,1-4H2,(H,12,17)(H,13,18)(H,15,16). The van der Waals surface area contributed by atoms with E-state index in [-0.39, 0.29) is 13.1 Å². The van der Waals surface area contributed by atoms with E-state index in [0.29, 0.717) is 0 Å². The van der Waals surface area contributed by atoms with Crippen molar-refractivity contribution in [3.05, 3.63) is 0 Å². The van der Waals surface area contributed by atoms with Crippen LogP contribution in [-0.4, -0.2) is 60.0 Å². The number of piperazine rings is 1. The zero-order valence-corrected chi connectivity index (χ0v) is 9.36. The molecule has 102 valence electrons. The smallest absolute Gasteiger partial charge is 0.318 e. The average molecular weight is 265 g/mol. The summed E-state index contributed by atoms with van der Waals surface area (Å²) in [5, 5.41) is 13.0. The van der Waals surface area contributed by atoms with Gasteiger partial charge in [-0.1, -0.05) is 0 Å². The summed E-state index contributed by atoms with van der Waals surface area (Å²) in [4.78, 5) is 34.5. The van der Waals surface area contributed by atoms with Gasteiger partial charge in [0.05, 0.1) is 13.0 Å². The molecule has 0 aliphatic carbocycles. The number of nitrogens with zero attached hydrogens (tertiary/aromatic N) is 1. The summed E-state index contributed by atoms with van der Waals surface area (Å²) in [5.74, 6) is -1.85. The van der Waals surface area contributed by atoms with Crippen molar-refractivity contribution in [1.82, 2.24) is 15.5 Å². The zero-order valence-electron chi connectivity index (χ0n) is 9.36. The van der Waals surface area contributed by atoms with E-state index in [1.54, 1.807) is 0 Å². The van der Waals surface area contributed by atoms with Crippen molar-refractivity contribution in [2.75, 3.05) is 19.6 Å². The quantitative estimate of drug-likeness (QED) is 0.622. The monoisotopic (exact) mass is 265 g/mol. The maximum Gasteiger partial charge on any atom is 0.318 e. The van der Waals surface area contributed by atoms with Crippen molar-refractivity contribution in [1.29, 1.82) is 0 Å². The van der Waals surface area contributed by atoms with Crippen LogP contribution < -0.4 is 10.6 Å². The Morgan fingerprint density at radius 1 is 1.56 bits per heavy atom. The van der Waals surface area contributed by atoms with Crippen molar-refractivity contribution in [3.63, 3.8) is 0 Å². The van der Waals surface area contributed by atoms with E-state index in [9.17, 15) is 23.2 Å². The molecule has 1 aliphatic heterocycles. The number of alkyl halides is 2. The van der Waals surface area contributed by atoms with E-state index < -0.39 is 43.3 Å². The van der Waals surface area contributed by atoms with Crippen LogP contribution in [0.4, 0.5) is 13.6 Å². The van der Waals surface area contributed by atoms with Gasteiger partial charge in [-0.15, -0.1) is 0 Å². The lowest BCUT2D eigenvalue weighted by atomic mass is 10.1. The second kappa shape index (κ2) is 6.12. The van der Waals surface area contributed by atoms with Crippen LogP contribution in [0.15, 0.2) is 0 Å². The molecular formula is C9H13F2N3O4. The van der Waals surface area contributed by atoms with Gasteiger partial charge in [-0.25, -0.2) is 13.6 Å². The highest BCUT2D eigenvalue weighted by molar-refractivity contribution is 5.91. The van der Waals surface area contributed by atoms with E-state index in [2.05, 4.69) is 5.32 Å². The first-order valence-corrected chi connectivity index (χ1v) is 5.24. The van der Waals surface area contributed by atoms with Gasteiger partial charge in [-0.05, 0) is 0 Å². The van der Waals surface area contributed by atoms with Crippen molar-refractivity contribution in [2.24, 2.45) is 0 Å². The van der Waals surface area contributed by atoms with Crippen LogP contribution in [0.25, 0.3) is 0 Å². The molecule has 7 nitrogen and oxygen atoms in total. The minimum atomic E-state index is -2.70. The summed E-state index contributed by atoms with van der Waals surface area (Å²) in [6, 6.07) is -2.04. The Hall–Kier alpha value is -1.93. The van der Waals surface area contributed by atoms with Gasteiger partial charge in [0.1, 0.15) is 6.04 Å². The lowest BCUT2D eigenvalue weighted by Gasteiger charge is -2.34. The van der Waals surface area contributed by atoms with Gasteiger partial charge in [-0.3, -0.25) is 9.59 Å². The van der Waals surface area contributed by atoms with Gasteiger partial charge >= 0.3 is 12.0 Å². The first-order chi connectivity index (χ1) is 8.41. The maximum atomic E-state index is 11.9. The summed E-state index contributed by atoms with van der Waals surface area (Å²) in [7, 11) is 0. The molecule has 1 aliphatic rings. The molecule has 0 bridgehead atoms. The zero-order chi connectivity index (χ0) is 13.7. The Morgan fingerprint density at radius 3 is 2.78 bits per heavy atom. The fraction of sp³-hybridized carbons (Fsp3) is 0.667. The molecule has 3 amide bonds. The van der Waals surface area contributed by atoms with Gasteiger partial charge in [0.2, 0.25) is 5.91 Å². The third-order valence-corrected chi connectivity index (χ3v) is 2.37. The molecule has 0 aromatic rings. The Morgan fingerprint density at radius 2 is 2.22 bits per heavy atom. The highest BCUT2D eigenvalue weighted by atomic mass is 19.3. The molecule has 1 heterocycles. The molecule has 1 rings (SSSR count).